The van der Waals surface area contributed by atoms with E-state index in [1.807, 2.05) is 0 Å². The molecule has 0 rings (SSSR count). The molecular formula is C9H18BrNO2. The number of carbonyl (C=O) groups is 1. The quantitative estimate of drug-likeness (QED) is 0.555. The van der Waals surface area contributed by atoms with Gasteiger partial charge < -0.3 is 10.4 Å². The second kappa shape index (κ2) is 6.38. The maximum Gasteiger partial charge on any atom is 0.220 e. The van der Waals surface area contributed by atoms with Crippen molar-refractivity contribution in [1.82, 2.24) is 5.32 Å². The summed E-state index contributed by atoms with van der Waals surface area (Å²) in [5, 5.41) is 12.9. The first-order valence-electron chi connectivity index (χ1n) is 4.51. The lowest BCUT2D eigenvalue weighted by molar-refractivity contribution is -0.122. The number of aliphatic hydroxyl groups is 1. The van der Waals surface area contributed by atoms with Crippen molar-refractivity contribution in [3.8, 4) is 0 Å². The van der Waals surface area contributed by atoms with Crippen LogP contribution in [0.2, 0.25) is 0 Å². The highest BCUT2D eigenvalue weighted by Gasteiger charge is 2.13. The summed E-state index contributed by atoms with van der Waals surface area (Å²) in [6.07, 6.45) is 2.44. The molecule has 0 aromatic rings. The summed E-state index contributed by atoms with van der Waals surface area (Å²) in [6.45, 7) is 3.66. The molecule has 0 heterocycles. The predicted octanol–water partition coefficient (Wildman–Crippen LogP) is 1.44. The molecule has 0 saturated carbocycles. The molecule has 2 N–H and O–H groups in total. The van der Waals surface area contributed by atoms with Crippen molar-refractivity contribution in [3.63, 3.8) is 0 Å². The van der Waals surface area contributed by atoms with E-state index in [0.29, 0.717) is 13.0 Å². The number of hydrogen-bond donors (Lipinski definition) is 2. The highest BCUT2D eigenvalue weighted by Crippen LogP contribution is 2.00. The van der Waals surface area contributed by atoms with Crippen LogP contribution < -0.4 is 5.32 Å². The average Bonchev–Trinajstić information content (AvgIpc) is 2.00. The van der Waals surface area contributed by atoms with Crippen LogP contribution in [0.5, 0.6) is 0 Å². The molecular weight excluding hydrogens is 234 g/mol. The Morgan fingerprint density at radius 2 is 2.08 bits per heavy atom. The van der Waals surface area contributed by atoms with Gasteiger partial charge in [-0.1, -0.05) is 15.9 Å². The van der Waals surface area contributed by atoms with Crippen LogP contribution in [-0.2, 0) is 4.79 Å². The number of rotatable bonds is 6. The zero-order chi connectivity index (χ0) is 10.3. The van der Waals surface area contributed by atoms with Gasteiger partial charge in [-0.15, -0.1) is 0 Å². The fraction of sp³-hybridized carbons (Fsp3) is 0.889. The van der Waals surface area contributed by atoms with Gasteiger partial charge in [0, 0.05) is 18.3 Å². The largest absolute Gasteiger partial charge is 0.389 e. The smallest absolute Gasteiger partial charge is 0.220 e. The lowest BCUT2D eigenvalue weighted by Gasteiger charge is -2.17. The van der Waals surface area contributed by atoms with Crippen molar-refractivity contribution in [1.29, 1.82) is 0 Å². The van der Waals surface area contributed by atoms with E-state index in [1.54, 1.807) is 13.8 Å². The molecule has 0 aromatic carbocycles. The van der Waals surface area contributed by atoms with Gasteiger partial charge in [-0.25, -0.2) is 0 Å². The summed E-state index contributed by atoms with van der Waals surface area (Å²) in [5.41, 5.74) is -0.814. The summed E-state index contributed by atoms with van der Waals surface area (Å²) < 4.78 is 0. The predicted molar refractivity (Wildman–Crippen MR) is 57.0 cm³/mol. The second-order valence-electron chi connectivity index (χ2n) is 3.74. The van der Waals surface area contributed by atoms with Crippen molar-refractivity contribution >= 4 is 21.8 Å². The van der Waals surface area contributed by atoms with Gasteiger partial charge in [-0.3, -0.25) is 4.79 Å². The molecule has 4 heteroatoms. The molecule has 0 unspecified atom stereocenters. The second-order valence-corrected chi connectivity index (χ2v) is 4.53. The van der Waals surface area contributed by atoms with Crippen LogP contribution >= 0.6 is 15.9 Å². The first-order chi connectivity index (χ1) is 5.95. The molecule has 0 aliphatic carbocycles. The SMILES string of the molecule is CC(C)(O)CNC(=O)CCCCBr. The zero-order valence-electron chi connectivity index (χ0n) is 8.27. The molecule has 0 radical (unpaired) electrons. The van der Waals surface area contributed by atoms with E-state index in [4.69, 9.17) is 0 Å². The van der Waals surface area contributed by atoms with E-state index in [-0.39, 0.29) is 5.91 Å². The van der Waals surface area contributed by atoms with Gasteiger partial charge in [0.25, 0.3) is 0 Å². The van der Waals surface area contributed by atoms with Crippen molar-refractivity contribution in [2.24, 2.45) is 0 Å². The number of halogens is 1. The van der Waals surface area contributed by atoms with E-state index in [1.165, 1.54) is 0 Å². The Bertz CT molecular complexity index is 154. The summed E-state index contributed by atoms with van der Waals surface area (Å²) in [4.78, 5) is 11.1. The number of hydrogen-bond acceptors (Lipinski definition) is 2. The normalized spacial score (nSPS) is 11.4. The monoisotopic (exact) mass is 251 g/mol. The van der Waals surface area contributed by atoms with E-state index < -0.39 is 5.60 Å². The Kier molecular flexibility index (Phi) is 6.33. The van der Waals surface area contributed by atoms with Gasteiger partial charge in [0.2, 0.25) is 5.91 Å². The Morgan fingerprint density at radius 1 is 1.46 bits per heavy atom. The van der Waals surface area contributed by atoms with Gasteiger partial charge in [0.05, 0.1) is 5.60 Å². The molecule has 1 amide bonds. The molecule has 0 aromatic heterocycles. The van der Waals surface area contributed by atoms with Crippen LogP contribution in [0.3, 0.4) is 0 Å². The fourth-order valence-corrected chi connectivity index (χ4v) is 1.18. The van der Waals surface area contributed by atoms with Gasteiger partial charge >= 0.3 is 0 Å². The van der Waals surface area contributed by atoms with Crippen molar-refractivity contribution < 1.29 is 9.90 Å². The third kappa shape index (κ3) is 9.83. The molecule has 0 aliphatic rings. The molecule has 0 fully saturated rings. The maximum absolute atomic E-state index is 11.1. The lowest BCUT2D eigenvalue weighted by Crippen LogP contribution is -2.38. The first-order valence-corrected chi connectivity index (χ1v) is 5.63. The topological polar surface area (TPSA) is 49.3 Å². The Balaban J connectivity index is 3.41. The summed E-state index contributed by atoms with van der Waals surface area (Å²) in [7, 11) is 0. The van der Waals surface area contributed by atoms with Gasteiger partial charge in [-0.05, 0) is 26.7 Å². The number of alkyl halides is 1. The van der Waals surface area contributed by atoms with Crippen LogP contribution in [-0.4, -0.2) is 28.5 Å². The molecule has 13 heavy (non-hydrogen) atoms. The maximum atomic E-state index is 11.1. The first kappa shape index (κ1) is 12.9. The van der Waals surface area contributed by atoms with Crippen molar-refractivity contribution in [2.75, 3.05) is 11.9 Å². The van der Waals surface area contributed by atoms with E-state index >= 15 is 0 Å². The van der Waals surface area contributed by atoms with Crippen LogP contribution in [0.4, 0.5) is 0 Å². The third-order valence-electron chi connectivity index (χ3n) is 1.51. The Hall–Kier alpha value is -0.0900. The number of amides is 1. The number of carbonyl (C=O) groups excluding carboxylic acids is 1. The number of unbranched alkanes of at least 4 members (excludes halogenated alkanes) is 1. The molecule has 0 aliphatic heterocycles. The van der Waals surface area contributed by atoms with E-state index in [9.17, 15) is 9.90 Å². The van der Waals surface area contributed by atoms with Crippen LogP contribution in [0.1, 0.15) is 33.1 Å². The Morgan fingerprint density at radius 3 is 2.54 bits per heavy atom. The van der Waals surface area contributed by atoms with Crippen LogP contribution in [0, 0.1) is 0 Å². The highest BCUT2D eigenvalue weighted by atomic mass is 79.9. The van der Waals surface area contributed by atoms with Crippen molar-refractivity contribution in [2.45, 2.75) is 38.7 Å². The zero-order valence-corrected chi connectivity index (χ0v) is 9.85. The van der Waals surface area contributed by atoms with E-state index in [0.717, 1.165) is 18.2 Å². The van der Waals surface area contributed by atoms with Crippen molar-refractivity contribution in [3.05, 3.63) is 0 Å². The lowest BCUT2D eigenvalue weighted by atomic mass is 10.1. The number of nitrogens with one attached hydrogen (secondary N) is 1. The van der Waals surface area contributed by atoms with Crippen LogP contribution in [0.25, 0.3) is 0 Å². The van der Waals surface area contributed by atoms with Gasteiger partial charge in [-0.2, -0.15) is 0 Å². The van der Waals surface area contributed by atoms with Gasteiger partial charge in [0.15, 0.2) is 0 Å². The molecule has 0 bridgehead atoms. The third-order valence-corrected chi connectivity index (χ3v) is 2.07. The van der Waals surface area contributed by atoms with Crippen LogP contribution in [0.15, 0.2) is 0 Å². The minimum absolute atomic E-state index is 0.0167. The van der Waals surface area contributed by atoms with Gasteiger partial charge in [0.1, 0.15) is 0 Å². The molecule has 0 saturated heterocycles. The summed E-state index contributed by atoms with van der Waals surface area (Å²) in [6, 6.07) is 0. The average molecular weight is 252 g/mol. The standard InChI is InChI=1S/C9H18BrNO2/c1-9(2,13)7-11-8(12)5-3-4-6-10/h13H,3-7H2,1-2H3,(H,11,12). The minimum Gasteiger partial charge on any atom is -0.389 e. The molecule has 3 nitrogen and oxygen atoms in total. The Labute approximate surface area is 88.0 Å². The molecule has 0 atom stereocenters. The highest BCUT2D eigenvalue weighted by molar-refractivity contribution is 9.09. The molecule has 0 spiro atoms. The fourth-order valence-electron chi connectivity index (χ4n) is 0.783. The van der Waals surface area contributed by atoms with E-state index in [2.05, 4.69) is 21.2 Å². The molecule has 78 valence electrons. The summed E-state index contributed by atoms with van der Waals surface area (Å²) >= 11 is 3.30. The summed E-state index contributed by atoms with van der Waals surface area (Å²) in [5.74, 6) is 0.0167. The minimum atomic E-state index is -0.814.